The number of hydrogen-bond donors (Lipinski definition) is 2. The molecule has 7 heteroatoms. The van der Waals surface area contributed by atoms with E-state index < -0.39 is 69.2 Å². The normalized spacial score (nSPS) is 34.8. The van der Waals surface area contributed by atoms with Crippen LogP contribution in [0.15, 0.2) is 30.3 Å². The van der Waals surface area contributed by atoms with Crippen molar-refractivity contribution in [1.29, 1.82) is 0 Å². The number of ether oxygens (including phenoxy) is 2. The quantitative estimate of drug-likeness (QED) is 0.783. The van der Waals surface area contributed by atoms with Crippen LogP contribution in [0.25, 0.3) is 0 Å². The van der Waals surface area contributed by atoms with Gasteiger partial charge in [0.1, 0.15) is 13.6 Å². The number of benzene rings is 1. The predicted molar refractivity (Wildman–Crippen MR) is 103 cm³/mol. The number of alkyl carbamates (subject to hydrolysis) is 1. The largest absolute Gasteiger partial charge is 0.445 e. The standard InChI is InChI=1S/C20H31N3O4/c1-20(2,3)27-18(24)22-12-11-21-17-10-7-13-23(14-17)19(25)26-15-16-8-5-4-6-9-16/h4-6,8-9,17,21H,7,10-15H2,1-3H3,(H,22,24)/i7D2,10D2,11D,13D2,14D2,17D/hD. The van der Waals surface area contributed by atoms with Gasteiger partial charge in [0.25, 0.3) is 0 Å². The summed E-state index contributed by atoms with van der Waals surface area (Å²) in [5, 5.41) is 1.87. The second-order valence-corrected chi connectivity index (χ2v) is 6.39. The van der Waals surface area contributed by atoms with Gasteiger partial charge in [0, 0.05) is 43.0 Å². The molecule has 1 aliphatic rings. The molecule has 1 aromatic carbocycles. The molecule has 0 saturated carbocycles. The number of rotatable bonds is 6. The molecular formula is C20H31N3O4. The number of carbonyl (C=O) groups excluding carboxylic acids is 2. The van der Waals surface area contributed by atoms with Crippen LogP contribution in [0.2, 0.25) is 1.41 Å². The SMILES string of the molecule is [2H]C(CNC(=O)OC(C)(C)C)N([2H])C1([2H])C([2H])([2H])N(C(=O)OCc2ccccc2)C([2H])([2H])C([2H])([2H])C1([2H])[2H]. The number of hydrogen-bond acceptors (Lipinski definition) is 5. The topological polar surface area (TPSA) is 79.9 Å². The first-order chi connectivity index (χ1) is 17.1. The van der Waals surface area contributed by atoms with Gasteiger partial charge in [-0.3, -0.25) is 0 Å². The minimum atomic E-state index is -3.82. The Morgan fingerprint density at radius 1 is 1.41 bits per heavy atom. The third kappa shape index (κ3) is 8.30. The number of nitrogens with zero attached hydrogens (tertiary/aromatic N) is 1. The highest BCUT2D eigenvalue weighted by Gasteiger charge is 2.24. The zero-order chi connectivity index (χ0) is 29.5. The Morgan fingerprint density at radius 3 is 2.85 bits per heavy atom. The molecule has 2 atom stereocenters. The van der Waals surface area contributed by atoms with E-state index in [4.69, 9.17) is 24.6 Å². The zero-order valence-corrected chi connectivity index (χ0v) is 15.4. The number of carbonyl (C=O) groups is 2. The number of likely N-dealkylation sites (tertiary alicyclic amines) is 1. The molecule has 27 heavy (non-hydrogen) atoms. The molecule has 2 N–H and O–H groups in total. The minimum Gasteiger partial charge on any atom is -0.445 e. The third-order valence-corrected chi connectivity index (χ3v) is 2.91. The fourth-order valence-corrected chi connectivity index (χ4v) is 1.82. The van der Waals surface area contributed by atoms with Crippen molar-refractivity contribution in [2.45, 2.75) is 51.7 Å². The van der Waals surface area contributed by atoms with Crippen LogP contribution in [0.3, 0.4) is 0 Å². The zero-order valence-electron chi connectivity index (χ0n) is 26.4. The van der Waals surface area contributed by atoms with Crippen LogP contribution in [0.1, 0.15) is 52.8 Å². The maximum absolute atomic E-state index is 13.0. The summed E-state index contributed by atoms with van der Waals surface area (Å²) in [5.74, 6) is 0. The second kappa shape index (κ2) is 10.2. The summed E-state index contributed by atoms with van der Waals surface area (Å²) < 4.78 is 102. The summed E-state index contributed by atoms with van der Waals surface area (Å²) in [4.78, 5) is 24.5. The number of piperidine rings is 1. The third-order valence-electron chi connectivity index (χ3n) is 2.91. The summed E-state index contributed by atoms with van der Waals surface area (Å²) in [7, 11) is 0. The fourth-order valence-electron chi connectivity index (χ4n) is 1.82. The summed E-state index contributed by atoms with van der Waals surface area (Å²) in [6, 6.07) is 4.27. The van der Waals surface area contributed by atoms with E-state index in [0.717, 1.165) is 0 Å². The van der Waals surface area contributed by atoms with Gasteiger partial charge < -0.3 is 25.0 Å². The molecule has 1 fully saturated rings. The van der Waals surface area contributed by atoms with Crippen molar-refractivity contribution in [1.82, 2.24) is 15.5 Å². The van der Waals surface area contributed by atoms with Crippen LogP contribution in [-0.4, -0.2) is 54.8 Å². The van der Waals surface area contributed by atoms with Crippen LogP contribution in [0.5, 0.6) is 0 Å². The maximum Gasteiger partial charge on any atom is 0.410 e. The van der Waals surface area contributed by atoms with Gasteiger partial charge in [0.2, 0.25) is 0 Å². The lowest BCUT2D eigenvalue weighted by Crippen LogP contribution is -2.49. The Hall–Kier alpha value is -2.28. The van der Waals surface area contributed by atoms with E-state index in [1.807, 2.05) is 0 Å². The fraction of sp³-hybridized carbons (Fsp3) is 0.600. The van der Waals surface area contributed by atoms with Crippen LogP contribution >= 0.6 is 0 Å². The molecule has 1 aliphatic heterocycles. The van der Waals surface area contributed by atoms with Crippen molar-refractivity contribution in [2.24, 2.45) is 0 Å². The molecular weight excluding hydrogens is 346 g/mol. The lowest BCUT2D eigenvalue weighted by atomic mass is 10.1. The summed E-state index contributed by atoms with van der Waals surface area (Å²) in [5.41, 5.74) is -0.490. The summed E-state index contributed by atoms with van der Waals surface area (Å²) in [6.07, 6.45) is -10.4. The Kier molecular flexibility index (Phi) is 3.88. The Morgan fingerprint density at radius 2 is 2.15 bits per heavy atom. The number of amides is 2. The van der Waals surface area contributed by atoms with Gasteiger partial charge in [-0.1, -0.05) is 30.3 Å². The van der Waals surface area contributed by atoms with Gasteiger partial charge in [-0.2, -0.15) is 0 Å². The molecule has 0 aliphatic carbocycles. The average molecular weight is 389 g/mol. The summed E-state index contributed by atoms with van der Waals surface area (Å²) >= 11 is 0. The van der Waals surface area contributed by atoms with Crippen LogP contribution in [0.4, 0.5) is 9.59 Å². The highest BCUT2D eigenvalue weighted by atomic mass is 16.6. The first kappa shape index (κ1) is 10.3. The van der Waals surface area contributed by atoms with Gasteiger partial charge >= 0.3 is 12.2 Å². The molecule has 7 nitrogen and oxygen atoms in total. The minimum absolute atomic E-state index is 0.255. The molecule has 1 aromatic rings. The highest BCUT2D eigenvalue weighted by Crippen LogP contribution is 2.12. The Bertz CT molecular complexity index is 1020. The smallest absolute Gasteiger partial charge is 0.410 e. The number of nitrogens with one attached hydrogen (secondary N) is 2. The van der Waals surface area contributed by atoms with Gasteiger partial charge in [0.15, 0.2) is 0 Å². The van der Waals surface area contributed by atoms with Crippen molar-refractivity contribution in [3.05, 3.63) is 35.9 Å². The Labute approximate surface area is 176 Å². The monoisotopic (exact) mass is 388 g/mol. The molecule has 1 heterocycles. The van der Waals surface area contributed by atoms with Gasteiger partial charge in [-0.25, -0.2) is 9.59 Å². The van der Waals surface area contributed by atoms with Crippen LogP contribution < -0.4 is 10.6 Å². The van der Waals surface area contributed by atoms with E-state index in [1.54, 1.807) is 51.1 Å². The van der Waals surface area contributed by atoms with Crippen molar-refractivity contribution in [3.8, 4) is 0 Å². The Balaban J connectivity index is 2.46. The van der Waals surface area contributed by atoms with Gasteiger partial charge in [-0.05, 0) is 39.1 Å². The molecule has 0 radical (unpaired) electrons. The lowest BCUT2D eigenvalue weighted by Gasteiger charge is -2.32. The lowest BCUT2D eigenvalue weighted by molar-refractivity contribution is 0.0527. The van der Waals surface area contributed by atoms with Gasteiger partial charge in [0.05, 0.1) is 2.74 Å². The molecule has 0 spiro atoms. The molecule has 2 rings (SSSR count). The van der Waals surface area contributed by atoms with E-state index in [9.17, 15) is 9.59 Å². The van der Waals surface area contributed by atoms with E-state index in [-0.39, 0.29) is 10.2 Å². The van der Waals surface area contributed by atoms with Crippen molar-refractivity contribution >= 4 is 12.2 Å². The van der Waals surface area contributed by atoms with Gasteiger partial charge in [-0.15, -0.1) is 0 Å². The highest BCUT2D eigenvalue weighted by molar-refractivity contribution is 5.68. The van der Waals surface area contributed by atoms with Crippen LogP contribution in [0, 0.1) is 0 Å². The molecule has 1 saturated heterocycles. The predicted octanol–water partition coefficient (Wildman–Crippen LogP) is 2.90. The molecule has 2 amide bonds. The first-order valence-electron chi connectivity index (χ1n) is 13.8. The molecule has 150 valence electrons. The van der Waals surface area contributed by atoms with Crippen LogP contribution in [-0.2, 0) is 16.1 Å². The molecule has 2 unspecified atom stereocenters. The second-order valence-electron chi connectivity index (χ2n) is 6.39. The first-order valence-corrected chi connectivity index (χ1v) is 8.24. The maximum atomic E-state index is 13.0. The van der Waals surface area contributed by atoms with Crippen molar-refractivity contribution < 1.29 is 34.2 Å². The van der Waals surface area contributed by atoms with Crippen molar-refractivity contribution in [2.75, 3.05) is 26.1 Å². The molecule has 0 bridgehead atoms. The van der Waals surface area contributed by atoms with Crippen molar-refractivity contribution in [3.63, 3.8) is 0 Å². The molecule has 0 aromatic heterocycles. The summed E-state index contributed by atoms with van der Waals surface area (Å²) in [6.45, 7) is -6.12. The van der Waals surface area contributed by atoms with E-state index >= 15 is 0 Å². The van der Waals surface area contributed by atoms with E-state index in [2.05, 4.69) is 5.32 Å². The van der Waals surface area contributed by atoms with E-state index in [1.165, 1.54) is 0 Å². The average Bonchev–Trinajstić information content (AvgIpc) is 2.78. The van der Waals surface area contributed by atoms with E-state index in [0.29, 0.717) is 5.56 Å².